The van der Waals surface area contributed by atoms with Gasteiger partial charge in [0.05, 0.1) is 10.2 Å². The van der Waals surface area contributed by atoms with E-state index in [1.165, 1.54) is 41.3 Å². The van der Waals surface area contributed by atoms with Crippen LogP contribution in [0.3, 0.4) is 0 Å². The summed E-state index contributed by atoms with van der Waals surface area (Å²) in [7, 11) is 0. The maximum atomic E-state index is 12.3. The Bertz CT molecular complexity index is 691. The number of carbonyl (C=O) groups is 1. The van der Waals surface area contributed by atoms with Gasteiger partial charge in [-0.3, -0.25) is 14.9 Å². The van der Waals surface area contributed by atoms with Gasteiger partial charge in [0.15, 0.2) is 4.34 Å². The number of thioether (sulfide) groups is 1. The predicted octanol–water partition coefficient (Wildman–Crippen LogP) is 2.54. The highest BCUT2D eigenvalue weighted by Gasteiger charge is 2.20. The molecule has 2 rings (SSSR count). The van der Waals surface area contributed by atoms with E-state index in [2.05, 4.69) is 15.5 Å². The van der Waals surface area contributed by atoms with Crippen molar-refractivity contribution in [2.24, 2.45) is 0 Å². The third kappa shape index (κ3) is 4.15. The van der Waals surface area contributed by atoms with E-state index in [-0.39, 0.29) is 16.8 Å². The first-order chi connectivity index (χ1) is 10.5. The molecular formula is C12H13N5O3S2. The number of nitro benzene ring substituents is 1. The van der Waals surface area contributed by atoms with E-state index in [1.807, 2.05) is 6.92 Å². The minimum atomic E-state index is -0.508. The third-order valence-corrected chi connectivity index (χ3v) is 4.85. The Labute approximate surface area is 134 Å². The molecule has 1 atom stereocenters. The van der Waals surface area contributed by atoms with Crippen LogP contribution >= 0.6 is 23.1 Å². The molecule has 1 amide bonds. The Balaban J connectivity index is 2.05. The number of nitrogens with one attached hydrogen (secondary N) is 1. The zero-order chi connectivity index (χ0) is 16.1. The topological polar surface area (TPSA) is 124 Å². The molecule has 0 aliphatic heterocycles. The number of rotatable bonds is 6. The summed E-state index contributed by atoms with van der Waals surface area (Å²) in [5, 5.41) is 20.9. The monoisotopic (exact) mass is 339 g/mol. The Kier molecular flexibility index (Phi) is 5.28. The van der Waals surface area contributed by atoms with Gasteiger partial charge in [0.1, 0.15) is 0 Å². The fourth-order valence-electron chi connectivity index (χ4n) is 1.63. The van der Waals surface area contributed by atoms with Crippen LogP contribution in [0.25, 0.3) is 0 Å². The van der Waals surface area contributed by atoms with E-state index >= 15 is 0 Å². The van der Waals surface area contributed by atoms with Gasteiger partial charge in [-0.1, -0.05) is 36.1 Å². The Morgan fingerprint density at radius 2 is 2.32 bits per heavy atom. The van der Waals surface area contributed by atoms with Gasteiger partial charge in [-0.25, -0.2) is 0 Å². The number of hydrogen-bond donors (Lipinski definition) is 2. The number of carbonyl (C=O) groups excluding carboxylic acids is 1. The van der Waals surface area contributed by atoms with E-state index in [4.69, 9.17) is 5.73 Å². The quantitative estimate of drug-likeness (QED) is 0.470. The normalized spacial score (nSPS) is 11.9. The summed E-state index contributed by atoms with van der Waals surface area (Å²) in [4.78, 5) is 22.5. The number of nitrogens with two attached hydrogens (primary N) is 1. The molecule has 0 saturated heterocycles. The van der Waals surface area contributed by atoms with E-state index in [0.717, 1.165) is 0 Å². The van der Waals surface area contributed by atoms with Crippen molar-refractivity contribution < 1.29 is 9.72 Å². The predicted molar refractivity (Wildman–Crippen MR) is 86.0 cm³/mol. The second kappa shape index (κ2) is 7.18. The van der Waals surface area contributed by atoms with Crippen LogP contribution in [-0.4, -0.2) is 26.3 Å². The van der Waals surface area contributed by atoms with Gasteiger partial charge >= 0.3 is 0 Å². The average Bonchev–Trinajstić information content (AvgIpc) is 2.90. The largest absolute Gasteiger partial charge is 0.374 e. The van der Waals surface area contributed by atoms with Gasteiger partial charge in [-0.2, -0.15) is 0 Å². The molecule has 0 fully saturated rings. The summed E-state index contributed by atoms with van der Waals surface area (Å²) < 4.78 is 0.610. The number of nitro groups is 1. The summed E-state index contributed by atoms with van der Waals surface area (Å²) in [6.07, 6.45) is 0.574. The SMILES string of the molecule is CC[C@@H](Sc1nnc(N)s1)C(=O)Nc1cccc([N+](=O)[O-])c1. The van der Waals surface area contributed by atoms with Gasteiger partial charge < -0.3 is 11.1 Å². The number of benzene rings is 1. The molecular weight excluding hydrogens is 326 g/mol. The van der Waals surface area contributed by atoms with Gasteiger partial charge in [0.25, 0.3) is 5.69 Å². The highest BCUT2D eigenvalue weighted by Crippen LogP contribution is 2.30. The van der Waals surface area contributed by atoms with Crippen molar-refractivity contribution in [2.75, 3.05) is 11.1 Å². The van der Waals surface area contributed by atoms with Crippen molar-refractivity contribution in [1.29, 1.82) is 0 Å². The minimum absolute atomic E-state index is 0.0737. The van der Waals surface area contributed by atoms with E-state index in [1.54, 1.807) is 6.07 Å². The van der Waals surface area contributed by atoms with Crippen LogP contribution in [0.2, 0.25) is 0 Å². The molecule has 22 heavy (non-hydrogen) atoms. The van der Waals surface area contributed by atoms with Crippen molar-refractivity contribution in [3.63, 3.8) is 0 Å². The number of anilines is 2. The molecule has 1 heterocycles. The van der Waals surface area contributed by atoms with Gasteiger partial charge in [0.2, 0.25) is 11.0 Å². The molecule has 10 heteroatoms. The van der Waals surface area contributed by atoms with Crippen LogP contribution in [0.4, 0.5) is 16.5 Å². The first kappa shape index (κ1) is 16.2. The zero-order valence-electron chi connectivity index (χ0n) is 11.6. The molecule has 0 spiro atoms. The summed E-state index contributed by atoms with van der Waals surface area (Å²) >= 11 is 2.48. The van der Waals surface area contributed by atoms with Crippen LogP contribution in [0.15, 0.2) is 28.6 Å². The lowest BCUT2D eigenvalue weighted by Crippen LogP contribution is -2.24. The fraction of sp³-hybridized carbons (Fsp3) is 0.250. The van der Waals surface area contributed by atoms with Crippen molar-refractivity contribution in [2.45, 2.75) is 22.9 Å². The highest BCUT2D eigenvalue weighted by atomic mass is 32.2. The average molecular weight is 339 g/mol. The van der Waals surface area contributed by atoms with Crippen LogP contribution < -0.4 is 11.1 Å². The third-order valence-electron chi connectivity index (χ3n) is 2.65. The van der Waals surface area contributed by atoms with E-state index in [9.17, 15) is 14.9 Å². The summed E-state index contributed by atoms with van der Waals surface area (Å²) in [6, 6.07) is 5.81. The number of nitrogens with zero attached hydrogens (tertiary/aromatic N) is 3. The first-order valence-corrected chi connectivity index (χ1v) is 8.00. The molecule has 0 bridgehead atoms. The highest BCUT2D eigenvalue weighted by molar-refractivity contribution is 8.02. The van der Waals surface area contributed by atoms with E-state index in [0.29, 0.717) is 21.6 Å². The maximum absolute atomic E-state index is 12.3. The molecule has 0 aliphatic carbocycles. The molecule has 0 unspecified atom stereocenters. The summed E-state index contributed by atoms with van der Waals surface area (Å²) in [5.41, 5.74) is 5.82. The minimum Gasteiger partial charge on any atom is -0.374 e. The molecule has 0 saturated carbocycles. The molecule has 116 valence electrons. The lowest BCUT2D eigenvalue weighted by Gasteiger charge is -2.12. The van der Waals surface area contributed by atoms with Crippen molar-refractivity contribution in [3.05, 3.63) is 34.4 Å². The van der Waals surface area contributed by atoms with E-state index < -0.39 is 4.92 Å². The standard InChI is InChI=1S/C12H13N5O3S2/c1-2-9(21-12-16-15-11(13)22-12)10(18)14-7-4-3-5-8(6-7)17(19)20/h3-6,9H,2H2,1H3,(H2,13,15)(H,14,18)/t9-/m1/s1. The lowest BCUT2D eigenvalue weighted by molar-refractivity contribution is -0.384. The number of aromatic nitrogens is 2. The first-order valence-electron chi connectivity index (χ1n) is 6.30. The molecule has 3 N–H and O–H groups in total. The number of amides is 1. The van der Waals surface area contributed by atoms with Crippen LogP contribution in [0, 0.1) is 10.1 Å². The van der Waals surface area contributed by atoms with Crippen molar-refractivity contribution in [1.82, 2.24) is 10.2 Å². The lowest BCUT2D eigenvalue weighted by atomic mass is 10.2. The molecule has 1 aromatic carbocycles. The smallest absolute Gasteiger partial charge is 0.271 e. The number of non-ortho nitro benzene ring substituents is 1. The van der Waals surface area contributed by atoms with Crippen LogP contribution in [0.1, 0.15) is 13.3 Å². The molecule has 0 aliphatic rings. The molecule has 2 aromatic rings. The maximum Gasteiger partial charge on any atom is 0.271 e. The van der Waals surface area contributed by atoms with Crippen LogP contribution in [0.5, 0.6) is 0 Å². The second-order valence-electron chi connectivity index (χ2n) is 4.22. The molecule has 0 radical (unpaired) electrons. The zero-order valence-corrected chi connectivity index (χ0v) is 13.2. The molecule has 1 aromatic heterocycles. The summed E-state index contributed by atoms with van der Waals surface area (Å²) in [6.45, 7) is 1.87. The fourth-order valence-corrected chi connectivity index (χ4v) is 3.44. The van der Waals surface area contributed by atoms with Crippen molar-refractivity contribution >= 4 is 45.5 Å². The van der Waals surface area contributed by atoms with Crippen molar-refractivity contribution in [3.8, 4) is 0 Å². The Morgan fingerprint density at radius 1 is 1.55 bits per heavy atom. The van der Waals surface area contributed by atoms with Gasteiger partial charge in [-0.05, 0) is 12.5 Å². The van der Waals surface area contributed by atoms with Gasteiger partial charge in [-0.15, -0.1) is 10.2 Å². The summed E-state index contributed by atoms with van der Waals surface area (Å²) in [5.74, 6) is -0.248. The Morgan fingerprint density at radius 3 is 2.91 bits per heavy atom. The Hall–Kier alpha value is -2.20. The van der Waals surface area contributed by atoms with Gasteiger partial charge in [0, 0.05) is 17.8 Å². The number of nitrogen functional groups attached to an aromatic ring is 1. The number of hydrogen-bond acceptors (Lipinski definition) is 8. The second-order valence-corrected chi connectivity index (χ2v) is 6.68. The van der Waals surface area contributed by atoms with Crippen LogP contribution in [-0.2, 0) is 4.79 Å². The molecule has 8 nitrogen and oxygen atoms in total.